The Morgan fingerprint density at radius 3 is 2.14 bits per heavy atom. The van der Waals surface area contributed by atoms with Gasteiger partial charge in [0, 0.05) is 25.3 Å². The SMILES string of the molecule is CCC(N)Cc1ccc(N(C)Cc2ccc(F)cc2)cc1. The molecule has 0 saturated carbocycles. The molecule has 0 aromatic heterocycles. The van der Waals surface area contributed by atoms with Gasteiger partial charge in [-0.15, -0.1) is 0 Å². The van der Waals surface area contributed by atoms with E-state index in [1.54, 1.807) is 0 Å². The number of halogens is 1. The fourth-order valence-electron chi connectivity index (χ4n) is 2.29. The fourth-order valence-corrected chi connectivity index (χ4v) is 2.29. The van der Waals surface area contributed by atoms with E-state index in [-0.39, 0.29) is 11.9 Å². The molecule has 1 unspecified atom stereocenters. The summed E-state index contributed by atoms with van der Waals surface area (Å²) < 4.78 is 12.9. The lowest BCUT2D eigenvalue weighted by Gasteiger charge is -2.20. The van der Waals surface area contributed by atoms with Crippen LogP contribution < -0.4 is 10.6 Å². The lowest BCUT2D eigenvalue weighted by Crippen LogP contribution is -2.21. The smallest absolute Gasteiger partial charge is 0.123 e. The number of nitrogens with two attached hydrogens (primary N) is 1. The van der Waals surface area contributed by atoms with Crippen LogP contribution in [-0.2, 0) is 13.0 Å². The van der Waals surface area contributed by atoms with Crippen LogP contribution in [0.1, 0.15) is 24.5 Å². The van der Waals surface area contributed by atoms with E-state index in [1.165, 1.54) is 17.7 Å². The second-order valence-electron chi connectivity index (χ2n) is 5.52. The predicted molar refractivity (Wildman–Crippen MR) is 86.9 cm³/mol. The van der Waals surface area contributed by atoms with Crippen molar-refractivity contribution in [1.82, 2.24) is 0 Å². The predicted octanol–water partition coefficient (Wildman–Crippen LogP) is 3.74. The number of anilines is 1. The summed E-state index contributed by atoms with van der Waals surface area (Å²) in [7, 11) is 2.04. The summed E-state index contributed by atoms with van der Waals surface area (Å²) in [6, 6.07) is 15.4. The van der Waals surface area contributed by atoms with Gasteiger partial charge in [0.15, 0.2) is 0 Å². The van der Waals surface area contributed by atoms with Gasteiger partial charge in [0.1, 0.15) is 5.82 Å². The van der Waals surface area contributed by atoms with Crippen LogP contribution in [-0.4, -0.2) is 13.1 Å². The van der Waals surface area contributed by atoms with Crippen molar-refractivity contribution in [2.45, 2.75) is 32.4 Å². The number of benzene rings is 2. The van der Waals surface area contributed by atoms with Gasteiger partial charge in [0.25, 0.3) is 0 Å². The van der Waals surface area contributed by atoms with Crippen molar-refractivity contribution >= 4 is 5.69 Å². The van der Waals surface area contributed by atoms with Crippen molar-refractivity contribution in [2.24, 2.45) is 5.73 Å². The van der Waals surface area contributed by atoms with Crippen LogP contribution in [0.15, 0.2) is 48.5 Å². The molecule has 0 aliphatic heterocycles. The highest BCUT2D eigenvalue weighted by molar-refractivity contribution is 5.47. The molecular formula is C18H23FN2. The second kappa shape index (κ2) is 7.23. The van der Waals surface area contributed by atoms with E-state index in [4.69, 9.17) is 5.73 Å². The zero-order valence-corrected chi connectivity index (χ0v) is 12.7. The molecule has 2 aromatic rings. The molecule has 112 valence electrons. The van der Waals surface area contributed by atoms with Crippen LogP contribution in [0.3, 0.4) is 0 Å². The molecule has 21 heavy (non-hydrogen) atoms. The molecule has 0 aliphatic rings. The summed E-state index contributed by atoms with van der Waals surface area (Å²) in [4.78, 5) is 2.15. The van der Waals surface area contributed by atoms with E-state index in [2.05, 4.69) is 36.1 Å². The van der Waals surface area contributed by atoms with Crippen molar-refractivity contribution in [3.05, 3.63) is 65.5 Å². The molecular weight excluding hydrogens is 263 g/mol. The first-order valence-electron chi connectivity index (χ1n) is 7.38. The monoisotopic (exact) mass is 286 g/mol. The molecule has 0 heterocycles. The molecule has 1 atom stereocenters. The first-order valence-corrected chi connectivity index (χ1v) is 7.38. The molecule has 0 bridgehead atoms. The highest BCUT2D eigenvalue weighted by Crippen LogP contribution is 2.17. The third-order valence-electron chi connectivity index (χ3n) is 3.73. The zero-order valence-electron chi connectivity index (χ0n) is 12.7. The molecule has 2 nitrogen and oxygen atoms in total. The van der Waals surface area contributed by atoms with Gasteiger partial charge in [0.2, 0.25) is 0 Å². The maximum atomic E-state index is 12.9. The Kier molecular flexibility index (Phi) is 5.34. The minimum atomic E-state index is -0.196. The topological polar surface area (TPSA) is 29.3 Å². The summed E-state index contributed by atoms with van der Waals surface area (Å²) in [5.74, 6) is -0.196. The normalized spacial score (nSPS) is 12.2. The summed E-state index contributed by atoms with van der Waals surface area (Å²) >= 11 is 0. The van der Waals surface area contributed by atoms with Gasteiger partial charge in [-0.3, -0.25) is 0 Å². The average Bonchev–Trinajstić information content (AvgIpc) is 2.50. The Morgan fingerprint density at radius 2 is 1.57 bits per heavy atom. The minimum absolute atomic E-state index is 0.196. The van der Waals surface area contributed by atoms with Crippen molar-refractivity contribution in [1.29, 1.82) is 0 Å². The molecule has 0 aliphatic carbocycles. The molecule has 3 heteroatoms. The number of nitrogens with zero attached hydrogens (tertiary/aromatic N) is 1. The van der Waals surface area contributed by atoms with Gasteiger partial charge in [-0.1, -0.05) is 31.2 Å². The quantitative estimate of drug-likeness (QED) is 0.876. The van der Waals surface area contributed by atoms with E-state index in [9.17, 15) is 4.39 Å². The van der Waals surface area contributed by atoms with Gasteiger partial charge in [-0.2, -0.15) is 0 Å². The summed E-state index contributed by atoms with van der Waals surface area (Å²) in [6.07, 6.45) is 1.91. The zero-order chi connectivity index (χ0) is 15.2. The molecule has 2 rings (SSSR count). The molecule has 0 fully saturated rings. The van der Waals surface area contributed by atoms with Crippen molar-refractivity contribution in [2.75, 3.05) is 11.9 Å². The summed E-state index contributed by atoms with van der Waals surface area (Å²) in [5, 5.41) is 0. The molecule has 0 saturated heterocycles. The third-order valence-corrected chi connectivity index (χ3v) is 3.73. The van der Waals surface area contributed by atoms with Crippen LogP contribution in [0.4, 0.5) is 10.1 Å². The minimum Gasteiger partial charge on any atom is -0.370 e. The van der Waals surface area contributed by atoms with Gasteiger partial charge in [0.05, 0.1) is 0 Å². The van der Waals surface area contributed by atoms with E-state index >= 15 is 0 Å². The summed E-state index contributed by atoms with van der Waals surface area (Å²) in [6.45, 7) is 2.86. The molecule has 0 radical (unpaired) electrons. The van der Waals surface area contributed by atoms with E-state index in [0.29, 0.717) is 0 Å². The van der Waals surface area contributed by atoms with Crippen LogP contribution in [0, 0.1) is 5.82 Å². The molecule has 0 spiro atoms. The Morgan fingerprint density at radius 1 is 1.00 bits per heavy atom. The Labute approximate surface area is 126 Å². The van der Waals surface area contributed by atoms with Crippen molar-refractivity contribution in [3.63, 3.8) is 0 Å². The lowest BCUT2D eigenvalue weighted by molar-refractivity contribution is 0.627. The molecule has 0 amide bonds. The van der Waals surface area contributed by atoms with Crippen LogP contribution in [0.5, 0.6) is 0 Å². The van der Waals surface area contributed by atoms with E-state index in [0.717, 1.165) is 30.6 Å². The highest BCUT2D eigenvalue weighted by Gasteiger charge is 2.05. The van der Waals surface area contributed by atoms with Crippen LogP contribution in [0.2, 0.25) is 0 Å². The summed E-state index contributed by atoms with van der Waals surface area (Å²) in [5.41, 5.74) is 9.48. The first-order chi connectivity index (χ1) is 10.1. The lowest BCUT2D eigenvalue weighted by atomic mass is 10.0. The molecule has 2 N–H and O–H groups in total. The van der Waals surface area contributed by atoms with Crippen LogP contribution >= 0.6 is 0 Å². The Bertz CT molecular complexity index is 548. The van der Waals surface area contributed by atoms with Gasteiger partial charge in [-0.05, 0) is 48.2 Å². The van der Waals surface area contributed by atoms with Crippen molar-refractivity contribution < 1.29 is 4.39 Å². The van der Waals surface area contributed by atoms with Gasteiger partial charge in [-0.25, -0.2) is 4.39 Å². The van der Waals surface area contributed by atoms with E-state index < -0.39 is 0 Å². The number of hydrogen-bond acceptors (Lipinski definition) is 2. The highest BCUT2D eigenvalue weighted by atomic mass is 19.1. The largest absolute Gasteiger partial charge is 0.370 e. The first kappa shape index (κ1) is 15.5. The van der Waals surface area contributed by atoms with E-state index in [1.807, 2.05) is 19.2 Å². The maximum Gasteiger partial charge on any atom is 0.123 e. The van der Waals surface area contributed by atoms with Crippen molar-refractivity contribution in [3.8, 4) is 0 Å². The number of hydrogen-bond donors (Lipinski definition) is 1. The van der Waals surface area contributed by atoms with Crippen LogP contribution in [0.25, 0.3) is 0 Å². The third kappa shape index (κ3) is 4.57. The van der Waals surface area contributed by atoms with Gasteiger partial charge < -0.3 is 10.6 Å². The Hall–Kier alpha value is -1.87. The molecule has 2 aromatic carbocycles. The fraction of sp³-hybridized carbons (Fsp3) is 0.333. The maximum absolute atomic E-state index is 12.9. The average molecular weight is 286 g/mol. The Balaban J connectivity index is 1.99. The second-order valence-corrected chi connectivity index (χ2v) is 5.52. The standard InChI is InChI=1S/C18H23FN2/c1-3-17(20)12-14-6-10-18(11-7-14)21(2)13-15-4-8-16(19)9-5-15/h4-11,17H,3,12-13,20H2,1-2H3. The van der Waals surface area contributed by atoms with Gasteiger partial charge >= 0.3 is 0 Å². The number of rotatable bonds is 6.